The second-order valence-electron chi connectivity index (χ2n) is 7.19. The van der Waals surface area contributed by atoms with Gasteiger partial charge in [0.15, 0.2) is 19.7 Å². The second-order valence-corrected chi connectivity index (χ2v) is 12.2. The Morgan fingerprint density at radius 1 is 0.935 bits per heavy atom. The molecule has 0 aromatic heterocycles. The van der Waals surface area contributed by atoms with Gasteiger partial charge in [-0.05, 0) is 47.0 Å². The molecule has 1 atom stereocenters. The van der Waals surface area contributed by atoms with Crippen molar-refractivity contribution >= 4 is 48.0 Å². The van der Waals surface area contributed by atoms with Crippen LogP contribution in [0.3, 0.4) is 0 Å². The predicted molar refractivity (Wildman–Crippen MR) is 127 cm³/mol. The van der Waals surface area contributed by atoms with Crippen LogP contribution >= 0.6 is 28.3 Å². The smallest absolute Gasteiger partial charge is 0.186 e. The molecule has 0 amide bonds. The van der Waals surface area contributed by atoms with Crippen LogP contribution in [-0.4, -0.2) is 22.6 Å². The molecule has 31 heavy (non-hydrogen) atoms. The summed E-state index contributed by atoms with van der Waals surface area (Å²) in [7, 11) is -7.51. The molecule has 5 nitrogen and oxygen atoms in total. The van der Waals surface area contributed by atoms with E-state index in [0.717, 1.165) is 10.0 Å². The first kappa shape index (κ1) is 23.9. The topological polar surface area (TPSA) is 80.3 Å². The fourth-order valence-electron chi connectivity index (χ4n) is 3.76. The van der Waals surface area contributed by atoms with Gasteiger partial charge in [-0.25, -0.2) is 16.8 Å². The summed E-state index contributed by atoms with van der Waals surface area (Å²) >= 11 is 3.44. The fourth-order valence-corrected chi connectivity index (χ4v) is 8.63. The van der Waals surface area contributed by atoms with Gasteiger partial charge in [-0.2, -0.15) is 0 Å². The van der Waals surface area contributed by atoms with Gasteiger partial charge in [0.2, 0.25) is 0 Å². The van der Waals surface area contributed by atoms with Gasteiger partial charge in [0, 0.05) is 17.6 Å². The SMILES string of the molecule is Cl.O=S1(=O)CC(S(=O)(=O)c2ccccc2)c2c(CNCc3cccc(Br)c3)cccc21. The fraction of sp³-hybridized carbons (Fsp3) is 0.182. The molecule has 9 heteroatoms. The van der Waals surface area contributed by atoms with E-state index in [1.807, 2.05) is 24.3 Å². The molecule has 0 aliphatic carbocycles. The van der Waals surface area contributed by atoms with Crippen LogP contribution in [0.1, 0.15) is 21.9 Å². The molecular formula is C22H21BrClNO4S2. The van der Waals surface area contributed by atoms with Crippen LogP contribution in [-0.2, 0) is 32.8 Å². The molecule has 0 radical (unpaired) electrons. The number of fused-ring (bicyclic) bond motifs is 1. The highest BCUT2D eigenvalue weighted by atomic mass is 79.9. The molecule has 3 aromatic carbocycles. The van der Waals surface area contributed by atoms with E-state index in [4.69, 9.17) is 0 Å². The molecule has 1 aliphatic rings. The van der Waals surface area contributed by atoms with E-state index >= 15 is 0 Å². The Morgan fingerprint density at radius 3 is 2.35 bits per heavy atom. The van der Waals surface area contributed by atoms with Crippen molar-refractivity contribution in [3.63, 3.8) is 0 Å². The van der Waals surface area contributed by atoms with Crippen LogP contribution in [0.5, 0.6) is 0 Å². The lowest BCUT2D eigenvalue weighted by atomic mass is 10.0. The first-order valence-corrected chi connectivity index (χ1v) is 13.4. The van der Waals surface area contributed by atoms with Crippen LogP contribution < -0.4 is 5.32 Å². The highest BCUT2D eigenvalue weighted by molar-refractivity contribution is 9.10. The Bertz CT molecular complexity index is 1300. The third-order valence-corrected chi connectivity index (χ3v) is 9.75. The van der Waals surface area contributed by atoms with Crippen molar-refractivity contribution in [2.75, 3.05) is 5.75 Å². The standard InChI is InChI=1S/C22H20BrNO4S2.ClH/c23-18-8-4-6-16(12-18)13-24-14-17-7-5-11-20-22(17)21(15-29(20,25)26)30(27,28)19-9-2-1-3-10-19;/h1-12,21,24H,13-15H2;1H. The van der Waals surface area contributed by atoms with Gasteiger partial charge in [0.1, 0.15) is 5.25 Å². The average molecular weight is 543 g/mol. The maximum atomic E-state index is 13.3. The molecule has 0 fully saturated rings. The summed E-state index contributed by atoms with van der Waals surface area (Å²) in [5, 5.41) is 2.20. The Labute approximate surface area is 197 Å². The van der Waals surface area contributed by atoms with Crippen molar-refractivity contribution in [3.05, 3.63) is 94.0 Å². The number of sulfone groups is 2. The van der Waals surface area contributed by atoms with Crippen LogP contribution in [0.4, 0.5) is 0 Å². The van der Waals surface area contributed by atoms with Crippen molar-refractivity contribution in [2.45, 2.75) is 28.1 Å². The molecule has 1 unspecified atom stereocenters. The number of rotatable bonds is 6. The third-order valence-electron chi connectivity index (χ3n) is 5.16. The molecule has 1 aliphatic heterocycles. The van der Waals surface area contributed by atoms with Crippen molar-refractivity contribution in [1.29, 1.82) is 0 Å². The van der Waals surface area contributed by atoms with Gasteiger partial charge in [-0.3, -0.25) is 0 Å². The summed E-state index contributed by atoms with van der Waals surface area (Å²) < 4.78 is 53.0. The number of hydrogen-bond donors (Lipinski definition) is 1. The predicted octanol–water partition coefficient (Wildman–Crippen LogP) is 4.46. The van der Waals surface area contributed by atoms with Crippen molar-refractivity contribution < 1.29 is 16.8 Å². The number of nitrogens with one attached hydrogen (secondary N) is 1. The second kappa shape index (κ2) is 9.42. The van der Waals surface area contributed by atoms with Gasteiger partial charge in [0.05, 0.1) is 15.5 Å². The molecular weight excluding hydrogens is 522 g/mol. The Hall–Kier alpha value is -1.71. The average Bonchev–Trinajstić information content (AvgIpc) is 3.01. The van der Waals surface area contributed by atoms with E-state index in [9.17, 15) is 16.8 Å². The zero-order valence-electron chi connectivity index (χ0n) is 16.4. The molecule has 3 aromatic rings. The maximum Gasteiger partial charge on any atom is 0.186 e. The maximum absolute atomic E-state index is 13.3. The molecule has 0 saturated carbocycles. The van der Waals surface area contributed by atoms with E-state index in [-0.39, 0.29) is 22.2 Å². The Balaban J connectivity index is 0.00000272. The van der Waals surface area contributed by atoms with Gasteiger partial charge >= 0.3 is 0 Å². The van der Waals surface area contributed by atoms with Crippen LogP contribution in [0.2, 0.25) is 0 Å². The third kappa shape index (κ3) is 4.88. The van der Waals surface area contributed by atoms with Gasteiger partial charge < -0.3 is 5.32 Å². The first-order valence-electron chi connectivity index (χ1n) is 9.38. The molecule has 0 spiro atoms. The van der Waals surface area contributed by atoms with Crippen molar-refractivity contribution in [1.82, 2.24) is 5.32 Å². The van der Waals surface area contributed by atoms with Crippen LogP contribution in [0.15, 0.2) is 87.1 Å². The molecule has 4 rings (SSSR count). The molecule has 164 valence electrons. The van der Waals surface area contributed by atoms with E-state index in [1.54, 1.807) is 30.3 Å². The van der Waals surface area contributed by atoms with E-state index in [0.29, 0.717) is 24.2 Å². The minimum atomic E-state index is -3.84. The lowest BCUT2D eigenvalue weighted by Crippen LogP contribution is -2.19. The number of benzene rings is 3. The van der Waals surface area contributed by atoms with E-state index in [1.165, 1.54) is 18.2 Å². The van der Waals surface area contributed by atoms with Gasteiger partial charge in [-0.15, -0.1) is 12.4 Å². The zero-order valence-corrected chi connectivity index (χ0v) is 20.4. The molecule has 1 heterocycles. The summed E-state index contributed by atoms with van der Waals surface area (Å²) in [4.78, 5) is 0.253. The monoisotopic (exact) mass is 541 g/mol. The first-order chi connectivity index (χ1) is 14.3. The quantitative estimate of drug-likeness (QED) is 0.497. The molecule has 1 N–H and O–H groups in total. The highest BCUT2D eigenvalue weighted by Gasteiger charge is 2.44. The van der Waals surface area contributed by atoms with Gasteiger partial charge in [0.25, 0.3) is 0 Å². The van der Waals surface area contributed by atoms with Crippen molar-refractivity contribution in [2.24, 2.45) is 0 Å². The van der Waals surface area contributed by atoms with Crippen LogP contribution in [0, 0.1) is 0 Å². The van der Waals surface area contributed by atoms with Crippen LogP contribution in [0.25, 0.3) is 0 Å². The summed E-state index contributed by atoms with van der Waals surface area (Å²) in [6, 6.07) is 20.9. The molecule has 0 bridgehead atoms. The number of hydrogen-bond acceptors (Lipinski definition) is 5. The number of halogens is 2. The summed E-state index contributed by atoms with van der Waals surface area (Å²) in [6.45, 7) is 0.942. The Morgan fingerprint density at radius 2 is 1.65 bits per heavy atom. The summed E-state index contributed by atoms with van der Waals surface area (Å²) in [5.41, 5.74) is 2.15. The summed E-state index contributed by atoms with van der Waals surface area (Å²) in [6.07, 6.45) is 0. The van der Waals surface area contributed by atoms with Gasteiger partial charge in [-0.1, -0.05) is 58.4 Å². The lowest BCUT2D eigenvalue weighted by molar-refractivity contribution is 0.581. The zero-order chi connectivity index (χ0) is 21.4. The minimum absolute atomic E-state index is 0. The Kier molecular flexibility index (Phi) is 7.28. The highest BCUT2D eigenvalue weighted by Crippen LogP contribution is 2.42. The van der Waals surface area contributed by atoms with Crippen molar-refractivity contribution in [3.8, 4) is 0 Å². The lowest BCUT2D eigenvalue weighted by Gasteiger charge is -2.16. The van der Waals surface area contributed by atoms with E-state index in [2.05, 4.69) is 21.2 Å². The normalized spacial score (nSPS) is 17.0. The van der Waals surface area contributed by atoms with E-state index < -0.39 is 30.7 Å². The minimum Gasteiger partial charge on any atom is -0.309 e. The summed E-state index contributed by atoms with van der Waals surface area (Å²) in [5.74, 6) is -0.428. The molecule has 0 saturated heterocycles. The largest absolute Gasteiger partial charge is 0.309 e.